The van der Waals surface area contributed by atoms with E-state index in [2.05, 4.69) is 11.9 Å². The minimum atomic E-state index is -0.199. The molecule has 1 unspecified atom stereocenters. The molecule has 0 aromatic carbocycles. The van der Waals surface area contributed by atoms with Gasteiger partial charge in [0.15, 0.2) is 5.76 Å². The molecule has 0 spiro atoms. The van der Waals surface area contributed by atoms with Crippen molar-refractivity contribution in [3.8, 4) is 0 Å². The molecule has 0 radical (unpaired) electrons. The quantitative estimate of drug-likeness (QED) is 0.720. The van der Waals surface area contributed by atoms with Crippen molar-refractivity contribution in [3.05, 3.63) is 36.3 Å². The van der Waals surface area contributed by atoms with Gasteiger partial charge in [0.25, 0.3) is 5.91 Å². The van der Waals surface area contributed by atoms with Gasteiger partial charge in [0.1, 0.15) is 0 Å². The Morgan fingerprint density at radius 1 is 1.77 bits per heavy atom. The van der Waals surface area contributed by atoms with Gasteiger partial charge in [-0.1, -0.05) is 6.08 Å². The normalized spacial score (nSPS) is 12.2. The van der Waals surface area contributed by atoms with Crippen LogP contribution >= 0.6 is 0 Å². The van der Waals surface area contributed by atoms with E-state index < -0.39 is 0 Å². The highest BCUT2D eigenvalue weighted by Gasteiger charge is 2.12. The first-order valence-corrected chi connectivity index (χ1v) is 4.12. The van der Waals surface area contributed by atoms with Crippen LogP contribution in [-0.4, -0.2) is 11.9 Å². The second-order valence-corrected chi connectivity index (χ2v) is 2.93. The van der Waals surface area contributed by atoms with Crippen LogP contribution in [0.25, 0.3) is 0 Å². The number of amides is 1. The van der Waals surface area contributed by atoms with Gasteiger partial charge in [-0.15, -0.1) is 6.58 Å². The third-order valence-electron chi connectivity index (χ3n) is 1.78. The summed E-state index contributed by atoms with van der Waals surface area (Å²) < 4.78 is 5.03. The van der Waals surface area contributed by atoms with Crippen molar-refractivity contribution in [1.29, 1.82) is 0 Å². The van der Waals surface area contributed by atoms with Gasteiger partial charge < -0.3 is 9.73 Å². The predicted molar refractivity (Wildman–Crippen MR) is 50.6 cm³/mol. The van der Waals surface area contributed by atoms with Crippen LogP contribution in [0.15, 0.2) is 29.4 Å². The Labute approximate surface area is 77.4 Å². The van der Waals surface area contributed by atoms with Gasteiger partial charge in [0.05, 0.1) is 6.26 Å². The number of aryl methyl sites for hydroxylation is 1. The Hall–Kier alpha value is -1.51. The number of hydrogen-bond acceptors (Lipinski definition) is 2. The largest absolute Gasteiger partial charge is 0.459 e. The van der Waals surface area contributed by atoms with E-state index in [0.29, 0.717) is 5.76 Å². The van der Waals surface area contributed by atoms with Gasteiger partial charge in [0.2, 0.25) is 0 Å². The number of carbonyl (C=O) groups excluding carboxylic acids is 1. The molecule has 3 nitrogen and oxygen atoms in total. The van der Waals surface area contributed by atoms with Crippen LogP contribution in [0.1, 0.15) is 23.0 Å². The lowest BCUT2D eigenvalue weighted by atomic mass is 10.2. The summed E-state index contributed by atoms with van der Waals surface area (Å²) in [6.45, 7) is 7.25. The molecule has 1 N–H and O–H groups in total. The van der Waals surface area contributed by atoms with Crippen molar-refractivity contribution >= 4 is 5.91 Å². The molecule has 0 saturated carbocycles. The van der Waals surface area contributed by atoms with Crippen LogP contribution < -0.4 is 5.32 Å². The van der Waals surface area contributed by atoms with Gasteiger partial charge in [0, 0.05) is 11.6 Å². The van der Waals surface area contributed by atoms with E-state index in [1.807, 2.05) is 13.8 Å². The number of rotatable bonds is 3. The lowest BCUT2D eigenvalue weighted by Gasteiger charge is -2.07. The third-order valence-corrected chi connectivity index (χ3v) is 1.78. The standard InChI is InChI=1S/C10H13NO2/c1-4-8(3)11-10(12)9-7(2)5-6-13-9/h4-6,8H,1H2,2-3H3,(H,11,12). The van der Waals surface area contributed by atoms with E-state index in [-0.39, 0.29) is 11.9 Å². The summed E-state index contributed by atoms with van der Waals surface area (Å²) in [4.78, 5) is 11.4. The monoisotopic (exact) mass is 179 g/mol. The highest BCUT2D eigenvalue weighted by atomic mass is 16.3. The zero-order chi connectivity index (χ0) is 9.84. The van der Waals surface area contributed by atoms with Crippen LogP contribution in [0.3, 0.4) is 0 Å². The molecular weight excluding hydrogens is 166 g/mol. The van der Waals surface area contributed by atoms with Crippen molar-refractivity contribution in [2.75, 3.05) is 0 Å². The van der Waals surface area contributed by atoms with Crippen LogP contribution in [-0.2, 0) is 0 Å². The SMILES string of the molecule is C=CC(C)NC(=O)c1occc1C. The maximum absolute atomic E-state index is 11.4. The molecule has 1 aromatic heterocycles. The minimum absolute atomic E-state index is 0.0444. The zero-order valence-corrected chi connectivity index (χ0v) is 7.83. The van der Waals surface area contributed by atoms with E-state index in [4.69, 9.17) is 4.42 Å². The van der Waals surface area contributed by atoms with Gasteiger partial charge >= 0.3 is 0 Å². The molecule has 1 amide bonds. The molecule has 0 saturated heterocycles. The van der Waals surface area contributed by atoms with Crippen LogP contribution in [0.5, 0.6) is 0 Å². The summed E-state index contributed by atoms with van der Waals surface area (Å²) in [7, 11) is 0. The first-order chi connectivity index (χ1) is 6.15. The second-order valence-electron chi connectivity index (χ2n) is 2.93. The molecule has 1 rings (SSSR count). The Morgan fingerprint density at radius 2 is 2.46 bits per heavy atom. The van der Waals surface area contributed by atoms with E-state index >= 15 is 0 Å². The average molecular weight is 179 g/mol. The summed E-state index contributed by atoms with van der Waals surface area (Å²) in [5, 5.41) is 2.72. The fourth-order valence-corrected chi connectivity index (χ4v) is 0.937. The number of hydrogen-bond donors (Lipinski definition) is 1. The van der Waals surface area contributed by atoms with E-state index in [1.54, 1.807) is 12.1 Å². The lowest BCUT2D eigenvalue weighted by Crippen LogP contribution is -2.30. The predicted octanol–water partition coefficient (Wildman–Crippen LogP) is 1.89. The highest BCUT2D eigenvalue weighted by molar-refractivity contribution is 5.93. The first kappa shape index (κ1) is 9.58. The third kappa shape index (κ3) is 2.21. The molecule has 70 valence electrons. The average Bonchev–Trinajstić information content (AvgIpc) is 2.51. The molecule has 0 aliphatic rings. The molecular formula is C10H13NO2. The van der Waals surface area contributed by atoms with Gasteiger partial charge in [-0.05, 0) is 19.9 Å². The topological polar surface area (TPSA) is 42.2 Å². The van der Waals surface area contributed by atoms with Crippen molar-refractivity contribution in [2.24, 2.45) is 0 Å². The molecule has 3 heteroatoms. The fourth-order valence-electron chi connectivity index (χ4n) is 0.937. The van der Waals surface area contributed by atoms with Crippen LogP contribution in [0.4, 0.5) is 0 Å². The maximum Gasteiger partial charge on any atom is 0.287 e. The Balaban J connectivity index is 2.69. The number of carbonyl (C=O) groups is 1. The van der Waals surface area contributed by atoms with E-state index in [0.717, 1.165) is 5.56 Å². The second kappa shape index (κ2) is 3.94. The first-order valence-electron chi connectivity index (χ1n) is 4.12. The summed E-state index contributed by atoms with van der Waals surface area (Å²) in [6, 6.07) is 1.71. The molecule has 0 aliphatic carbocycles. The summed E-state index contributed by atoms with van der Waals surface area (Å²) in [5.41, 5.74) is 0.841. The van der Waals surface area contributed by atoms with Crippen molar-refractivity contribution in [2.45, 2.75) is 19.9 Å². The molecule has 1 aromatic rings. The highest BCUT2D eigenvalue weighted by Crippen LogP contribution is 2.08. The van der Waals surface area contributed by atoms with Gasteiger partial charge in [-0.25, -0.2) is 0 Å². The van der Waals surface area contributed by atoms with Gasteiger partial charge in [-0.2, -0.15) is 0 Å². The number of furan rings is 1. The molecule has 13 heavy (non-hydrogen) atoms. The summed E-state index contributed by atoms with van der Waals surface area (Å²) >= 11 is 0. The smallest absolute Gasteiger partial charge is 0.287 e. The molecule has 0 aliphatic heterocycles. The molecule has 1 atom stereocenters. The van der Waals surface area contributed by atoms with Crippen LogP contribution in [0, 0.1) is 6.92 Å². The molecule has 0 bridgehead atoms. The number of nitrogens with one attached hydrogen (secondary N) is 1. The Bertz CT molecular complexity index is 314. The summed E-state index contributed by atoms with van der Waals surface area (Å²) in [5.74, 6) is 0.170. The molecule has 1 heterocycles. The van der Waals surface area contributed by atoms with Crippen molar-refractivity contribution in [1.82, 2.24) is 5.32 Å². The maximum atomic E-state index is 11.4. The Kier molecular flexibility index (Phi) is 2.90. The van der Waals surface area contributed by atoms with E-state index in [9.17, 15) is 4.79 Å². The molecule has 0 fully saturated rings. The van der Waals surface area contributed by atoms with Gasteiger partial charge in [-0.3, -0.25) is 4.79 Å². The van der Waals surface area contributed by atoms with Crippen molar-refractivity contribution in [3.63, 3.8) is 0 Å². The minimum Gasteiger partial charge on any atom is -0.459 e. The summed E-state index contributed by atoms with van der Waals surface area (Å²) in [6.07, 6.45) is 3.17. The zero-order valence-electron chi connectivity index (χ0n) is 7.83. The van der Waals surface area contributed by atoms with E-state index in [1.165, 1.54) is 6.26 Å². The Morgan fingerprint density at radius 3 is 2.92 bits per heavy atom. The van der Waals surface area contributed by atoms with Crippen molar-refractivity contribution < 1.29 is 9.21 Å². The van der Waals surface area contributed by atoms with Crippen LogP contribution in [0.2, 0.25) is 0 Å². The lowest BCUT2D eigenvalue weighted by molar-refractivity contribution is 0.0918. The fraction of sp³-hybridized carbons (Fsp3) is 0.300.